The average molecular weight is 282 g/mol. The van der Waals surface area contributed by atoms with E-state index in [2.05, 4.69) is 85.6 Å². The highest BCUT2D eigenvalue weighted by Crippen LogP contribution is 2.17. The zero-order chi connectivity index (χ0) is 15.1. The van der Waals surface area contributed by atoms with Crippen LogP contribution in [0.25, 0.3) is 0 Å². The van der Waals surface area contributed by atoms with E-state index >= 15 is 0 Å². The number of benzene rings is 2. The molecule has 0 atom stereocenters. The Morgan fingerprint density at radius 3 is 2.33 bits per heavy atom. The number of anilines is 1. The van der Waals surface area contributed by atoms with Crippen molar-refractivity contribution in [1.82, 2.24) is 5.32 Å². The molecule has 112 valence electrons. The first kappa shape index (κ1) is 15.6. The zero-order valence-corrected chi connectivity index (χ0v) is 13.3. The third-order valence-corrected chi connectivity index (χ3v) is 3.58. The maximum absolute atomic E-state index is 3.47. The molecular formula is C19H26N2. The molecule has 0 radical (unpaired) electrons. The fourth-order valence-corrected chi connectivity index (χ4v) is 2.40. The largest absolute Gasteiger partial charge is 0.367 e. The van der Waals surface area contributed by atoms with Crippen molar-refractivity contribution in [2.24, 2.45) is 0 Å². The predicted octanol–water partition coefficient (Wildman–Crippen LogP) is 4.21. The van der Waals surface area contributed by atoms with Crippen LogP contribution < -0.4 is 10.2 Å². The molecule has 2 nitrogen and oxygen atoms in total. The van der Waals surface area contributed by atoms with E-state index in [-0.39, 0.29) is 0 Å². The second-order valence-electron chi connectivity index (χ2n) is 5.71. The quantitative estimate of drug-likeness (QED) is 0.818. The highest BCUT2D eigenvalue weighted by molar-refractivity contribution is 5.46. The Hall–Kier alpha value is -1.80. The Morgan fingerprint density at radius 1 is 0.952 bits per heavy atom. The number of rotatable bonds is 7. The average Bonchev–Trinajstić information content (AvgIpc) is 2.52. The van der Waals surface area contributed by atoms with E-state index < -0.39 is 0 Å². The third-order valence-electron chi connectivity index (χ3n) is 3.58. The predicted molar refractivity (Wildman–Crippen MR) is 91.6 cm³/mol. The maximum atomic E-state index is 3.47. The van der Waals surface area contributed by atoms with Gasteiger partial charge in [-0.1, -0.05) is 56.3 Å². The first-order valence-electron chi connectivity index (χ1n) is 7.80. The van der Waals surface area contributed by atoms with Gasteiger partial charge in [0.15, 0.2) is 0 Å². The van der Waals surface area contributed by atoms with Crippen LogP contribution in [-0.2, 0) is 13.1 Å². The summed E-state index contributed by atoms with van der Waals surface area (Å²) in [6.45, 7) is 9.46. The topological polar surface area (TPSA) is 15.3 Å². The van der Waals surface area contributed by atoms with Crippen molar-refractivity contribution in [2.45, 2.75) is 39.9 Å². The van der Waals surface area contributed by atoms with Gasteiger partial charge in [-0.2, -0.15) is 0 Å². The molecule has 0 amide bonds. The van der Waals surface area contributed by atoms with E-state index in [9.17, 15) is 0 Å². The standard InChI is InChI=1S/C19H26N2/c1-4-21(19-11-6-5-7-12-19)15-18-10-8-9-17(13-18)14-20-16(2)3/h5-13,16,20H,4,14-15H2,1-3H3. The second-order valence-corrected chi connectivity index (χ2v) is 5.71. The molecule has 0 spiro atoms. The zero-order valence-electron chi connectivity index (χ0n) is 13.3. The lowest BCUT2D eigenvalue weighted by Crippen LogP contribution is -2.23. The van der Waals surface area contributed by atoms with Gasteiger partial charge in [0.05, 0.1) is 0 Å². The van der Waals surface area contributed by atoms with Gasteiger partial charge in [-0.15, -0.1) is 0 Å². The summed E-state index contributed by atoms with van der Waals surface area (Å²) in [5.41, 5.74) is 4.00. The van der Waals surface area contributed by atoms with Crippen LogP contribution in [0.2, 0.25) is 0 Å². The lowest BCUT2D eigenvalue weighted by Gasteiger charge is -2.23. The van der Waals surface area contributed by atoms with Crippen LogP contribution >= 0.6 is 0 Å². The van der Waals surface area contributed by atoms with Crippen molar-refractivity contribution in [1.29, 1.82) is 0 Å². The molecule has 0 unspecified atom stereocenters. The van der Waals surface area contributed by atoms with Crippen LogP contribution in [0.3, 0.4) is 0 Å². The Balaban J connectivity index is 2.06. The first-order chi connectivity index (χ1) is 10.2. The fraction of sp³-hybridized carbons (Fsp3) is 0.368. The summed E-state index contributed by atoms with van der Waals surface area (Å²) in [5.74, 6) is 0. The van der Waals surface area contributed by atoms with Crippen molar-refractivity contribution < 1.29 is 0 Å². The molecule has 0 aromatic heterocycles. The van der Waals surface area contributed by atoms with Crippen LogP contribution in [-0.4, -0.2) is 12.6 Å². The Labute approximate surface area is 128 Å². The van der Waals surface area contributed by atoms with E-state index in [1.54, 1.807) is 0 Å². The Bertz CT molecular complexity index is 534. The van der Waals surface area contributed by atoms with Crippen molar-refractivity contribution >= 4 is 5.69 Å². The molecule has 2 aromatic carbocycles. The minimum atomic E-state index is 0.519. The summed E-state index contributed by atoms with van der Waals surface area (Å²) in [6.07, 6.45) is 0. The minimum Gasteiger partial charge on any atom is -0.367 e. The van der Waals surface area contributed by atoms with Crippen LogP contribution in [0.1, 0.15) is 31.9 Å². The lowest BCUT2D eigenvalue weighted by molar-refractivity contribution is 0.588. The van der Waals surface area contributed by atoms with Crippen LogP contribution in [0, 0.1) is 0 Å². The Morgan fingerprint density at radius 2 is 1.67 bits per heavy atom. The molecule has 2 rings (SSSR count). The minimum absolute atomic E-state index is 0.519. The third kappa shape index (κ3) is 4.91. The molecule has 2 aromatic rings. The van der Waals surface area contributed by atoms with E-state index in [1.807, 2.05) is 0 Å². The highest BCUT2D eigenvalue weighted by atomic mass is 15.1. The van der Waals surface area contributed by atoms with Crippen molar-refractivity contribution in [2.75, 3.05) is 11.4 Å². The molecular weight excluding hydrogens is 256 g/mol. The number of nitrogens with one attached hydrogen (secondary N) is 1. The van der Waals surface area contributed by atoms with Gasteiger partial charge in [0.2, 0.25) is 0 Å². The summed E-state index contributed by atoms with van der Waals surface area (Å²) < 4.78 is 0. The number of hydrogen-bond donors (Lipinski definition) is 1. The molecule has 0 saturated carbocycles. The normalized spacial score (nSPS) is 10.9. The van der Waals surface area contributed by atoms with Gasteiger partial charge in [0.25, 0.3) is 0 Å². The van der Waals surface area contributed by atoms with Crippen molar-refractivity contribution in [3.8, 4) is 0 Å². The SMILES string of the molecule is CCN(Cc1cccc(CNC(C)C)c1)c1ccccc1. The summed E-state index contributed by atoms with van der Waals surface area (Å²) in [7, 11) is 0. The summed E-state index contributed by atoms with van der Waals surface area (Å²) in [4.78, 5) is 2.40. The van der Waals surface area contributed by atoms with E-state index in [4.69, 9.17) is 0 Å². The van der Waals surface area contributed by atoms with Crippen LogP contribution in [0.15, 0.2) is 54.6 Å². The van der Waals surface area contributed by atoms with Gasteiger partial charge in [0, 0.05) is 31.4 Å². The van der Waals surface area contributed by atoms with Crippen molar-refractivity contribution in [3.05, 3.63) is 65.7 Å². The van der Waals surface area contributed by atoms with Gasteiger partial charge in [-0.25, -0.2) is 0 Å². The van der Waals surface area contributed by atoms with Gasteiger partial charge < -0.3 is 10.2 Å². The van der Waals surface area contributed by atoms with E-state index in [1.165, 1.54) is 16.8 Å². The maximum Gasteiger partial charge on any atom is 0.0429 e. The molecule has 0 heterocycles. The van der Waals surface area contributed by atoms with Gasteiger partial charge in [0.1, 0.15) is 0 Å². The van der Waals surface area contributed by atoms with Crippen LogP contribution in [0.4, 0.5) is 5.69 Å². The summed E-state index contributed by atoms with van der Waals surface area (Å²) in [5, 5.41) is 3.47. The second kappa shape index (κ2) is 7.84. The van der Waals surface area contributed by atoms with Crippen molar-refractivity contribution in [3.63, 3.8) is 0 Å². The Kier molecular flexibility index (Phi) is 5.82. The molecule has 0 bridgehead atoms. The van der Waals surface area contributed by atoms with Gasteiger partial charge in [-0.3, -0.25) is 0 Å². The molecule has 0 aliphatic rings. The smallest absolute Gasteiger partial charge is 0.0429 e. The summed E-state index contributed by atoms with van der Waals surface area (Å²) in [6, 6.07) is 20.0. The van der Waals surface area contributed by atoms with E-state index in [0.717, 1.165) is 19.6 Å². The monoisotopic (exact) mass is 282 g/mol. The van der Waals surface area contributed by atoms with Gasteiger partial charge in [-0.05, 0) is 30.2 Å². The molecule has 0 aliphatic carbocycles. The lowest BCUT2D eigenvalue weighted by atomic mass is 10.1. The molecule has 0 fully saturated rings. The molecule has 0 saturated heterocycles. The molecule has 21 heavy (non-hydrogen) atoms. The van der Waals surface area contributed by atoms with Gasteiger partial charge >= 0.3 is 0 Å². The summed E-state index contributed by atoms with van der Waals surface area (Å²) >= 11 is 0. The first-order valence-corrected chi connectivity index (χ1v) is 7.80. The molecule has 0 aliphatic heterocycles. The number of nitrogens with zero attached hydrogens (tertiary/aromatic N) is 1. The van der Waals surface area contributed by atoms with E-state index in [0.29, 0.717) is 6.04 Å². The number of para-hydroxylation sites is 1. The molecule has 2 heteroatoms. The fourth-order valence-electron chi connectivity index (χ4n) is 2.40. The van der Waals surface area contributed by atoms with Crippen LogP contribution in [0.5, 0.6) is 0 Å². The molecule has 1 N–H and O–H groups in total. The highest BCUT2D eigenvalue weighted by Gasteiger charge is 2.05. The number of hydrogen-bond acceptors (Lipinski definition) is 2.